The third-order valence-corrected chi connectivity index (χ3v) is 64.4. The molecule has 0 rings (SSSR count). The van der Waals surface area contributed by atoms with E-state index in [0.717, 1.165) is 74.8 Å². The van der Waals surface area contributed by atoms with Crippen LogP contribution in [0.3, 0.4) is 0 Å². The van der Waals surface area contributed by atoms with E-state index in [1.54, 1.807) is 13.1 Å². The van der Waals surface area contributed by atoms with Crippen molar-refractivity contribution in [2.45, 2.75) is 247 Å². The van der Waals surface area contributed by atoms with Gasteiger partial charge in [0.05, 0.1) is 0 Å². The molecule has 0 spiro atoms. The Hall–Kier alpha value is 1.51. The summed E-state index contributed by atoms with van der Waals surface area (Å²) in [5.74, 6) is -0.443. The fraction of sp³-hybridized carbons (Fsp3) is 0.929. The normalized spacial score (nSPS) is 19.0. The van der Waals surface area contributed by atoms with Crippen molar-refractivity contribution < 1.29 is 63.7 Å². The van der Waals surface area contributed by atoms with Crippen LogP contribution in [0.2, 0.25) is 167 Å². The molecule has 15 nitrogen and oxygen atoms in total. The number of ether oxygens (including phenoxy) is 1. The minimum atomic E-state index is -2.98. The highest BCUT2D eigenvalue weighted by Gasteiger charge is 2.56. The summed E-state index contributed by atoms with van der Waals surface area (Å²) in [6, 6.07) is 4.79. The number of rotatable bonds is 39. The summed E-state index contributed by atoms with van der Waals surface area (Å²) in [5, 5.41) is 0. The van der Waals surface area contributed by atoms with Gasteiger partial charge in [0.2, 0.25) is 8.32 Å². The number of hydrogen-bond donors (Lipinski definition) is 1. The average molecular weight is 1220 g/mol. The first-order valence-corrected chi connectivity index (χ1v) is 61.4. The van der Waals surface area contributed by atoms with E-state index in [1.807, 2.05) is 39.3 Å². The summed E-state index contributed by atoms with van der Waals surface area (Å²) in [6.07, 6.45) is 6.84. The van der Waals surface area contributed by atoms with Crippen LogP contribution in [0.4, 0.5) is 0 Å². The highest BCUT2D eigenvalue weighted by Crippen LogP contribution is 2.38. The Morgan fingerprint density at radius 3 is 0.800 bits per heavy atom. The van der Waals surface area contributed by atoms with Crippen molar-refractivity contribution >= 4 is 117 Å². The lowest BCUT2D eigenvalue weighted by Crippen LogP contribution is -2.65. The highest BCUT2D eigenvalue weighted by molar-refractivity contribution is 6.95. The van der Waals surface area contributed by atoms with E-state index in [9.17, 15) is 9.59 Å². The van der Waals surface area contributed by atoms with Gasteiger partial charge in [0.25, 0.3) is 0 Å². The van der Waals surface area contributed by atoms with Gasteiger partial charge in [-0.15, -0.1) is 0 Å². The highest BCUT2D eigenvalue weighted by atomic mass is 28.5. The molecule has 0 aromatic heterocycles. The quantitative estimate of drug-likeness (QED) is 0.0352. The molecule has 0 aromatic rings. The Balaban J connectivity index is 6.83. The van der Waals surface area contributed by atoms with Gasteiger partial charge >= 0.3 is 109 Å². The molecular formula is C42H108O15Si13. The van der Waals surface area contributed by atoms with Crippen LogP contribution in [0.15, 0.2) is 12.7 Å². The Bertz CT molecular complexity index is 1600. The van der Waals surface area contributed by atoms with Crippen molar-refractivity contribution in [1.82, 2.24) is 0 Å². The number of esters is 1. The van der Waals surface area contributed by atoms with Crippen LogP contribution < -0.4 is 0 Å². The van der Waals surface area contributed by atoms with Gasteiger partial charge in [0, 0.05) is 6.08 Å². The molecule has 0 heterocycles. The molecule has 6 unspecified atom stereocenters. The molecule has 0 radical (unpaired) electrons. The van der Waals surface area contributed by atoms with E-state index in [0.29, 0.717) is 0 Å². The summed E-state index contributed by atoms with van der Waals surface area (Å²) in [5.41, 5.74) is 0. The fourth-order valence-electron chi connectivity index (χ4n) is 10.3. The van der Waals surface area contributed by atoms with E-state index in [1.165, 1.54) is 6.08 Å². The van der Waals surface area contributed by atoms with Crippen LogP contribution in [0.25, 0.3) is 0 Å². The molecule has 6 atom stereocenters. The second-order valence-electron chi connectivity index (χ2n) is 23.5. The molecule has 0 saturated carbocycles. The Morgan fingerprint density at radius 1 is 0.357 bits per heavy atom. The van der Waals surface area contributed by atoms with Crippen LogP contribution in [0, 0.1) is 0 Å². The lowest BCUT2D eigenvalue weighted by molar-refractivity contribution is -0.136. The molecule has 0 aliphatic heterocycles. The third kappa shape index (κ3) is 29.3. The Kier molecular flexibility index (Phi) is 29.0. The second-order valence-corrected chi connectivity index (χ2v) is 70.6. The zero-order valence-electron chi connectivity index (χ0n) is 49.6. The van der Waals surface area contributed by atoms with E-state index in [4.69, 9.17) is 54.1 Å². The van der Waals surface area contributed by atoms with Gasteiger partial charge in [0.15, 0.2) is 0 Å². The minimum absolute atomic E-state index is 0.230. The first-order chi connectivity index (χ1) is 31.3. The lowest BCUT2D eigenvalue weighted by atomic mass is 10.6. The van der Waals surface area contributed by atoms with Gasteiger partial charge in [-0.05, 0) is 167 Å². The standard InChI is InChI=1S/C42H108O15Si13/c1-28-35-65(22,46-58(8,9)41-45-42(43)34-7)53-67(24,37-30-3)55-69(26,39-32-5)57-70(27,40-33-6)56-68(25,38-31-4)54-66(23,36-29-2)52-64(20,21)51-63(18,19)50-62(16,17)49-61(14,15)48-60(12,13)47-59(10,11)44/h34,44H,7,28-33,35-41H2,1-6,8-27H3. The van der Waals surface area contributed by atoms with Crippen molar-refractivity contribution in [3.63, 3.8) is 0 Å². The topological polar surface area (TPSA) is 157 Å². The van der Waals surface area contributed by atoms with Gasteiger partial charge in [-0.3, -0.25) is 0 Å². The number of carbonyl (C=O) groups excluding carboxylic acids is 1. The fourth-order valence-corrected chi connectivity index (χ4v) is 78.1. The minimum Gasteiger partial charge on any atom is -0.463 e. The zero-order valence-corrected chi connectivity index (χ0v) is 62.6. The van der Waals surface area contributed by atoms with Crippen LogP contribution in [0.5, 0.6) is 0 Å². The molecule has 0 aliphatic carbocycles. The molecular weight excluding hydrogens is 1110 g/mol. The molecule has 0 amide bonds. The predicted molar refractivity (Wildman–Crippen MR) is 319 cm³/mol. The van der Waals surface area contributed by atoms with E-state index >= 15 is 0 Å². The van der Waals surface area contributed by atoms with E-state index in [2.05, 4.69) is 127 Å². The lowest BCUT2D eigenvalue weighted by Gasteiger charge is -2.48. The molecule has 418 valence electrons. The largest absolute Gasteiger partial charge is 0.463 e. The summed E-state index contributed by atoms with van der Waals surface area (Å²) >= 11 is 0. The number of carbonyl (C=O) groups is 1. The van der Waals surface area contributed by atoms with Crippen molar-refractivity contribution in [3.05, 3.63) is 12.7 Å². The SMILES string of the molecule is C=CC(=O)OC[Si](C)(C)O[Si](C)(CCC)O[Si](C)(CCC)O[Si](C)(CCC)O[Si](C)(CCC)O[Si](C)(CCC)O[Si](C)(CCC)O[Si](C)(C)O[Si](C)(C)O[Si](C)(C)O[Si](C)(C)O[Si](C)(C)O[Si](C)(C)O. The van der Waals surface area contributed by atoms with Crippen LogP contribution >= 0.6 is 0 Å². The Labute approximate surface area is 443 Å². The number of hydrogen-bond acceptors (Lipinski definition) is 15. The molecule has 1 N–H and O–H groups in total. The molecule has 0 fully saturated rings. The van der Waals surface area contributed by atoms with Crippen LogP contribution in [0.1, 0.15) is 80.1 Å². The van der Waals surface area contributed by atoms with Crippen molar-refractivity contribution in [2.75, 3.05) is 6.23 Å². The van der Waals surface area contributed by atoms with Gasteiger partial charge in [0.1, 0.15) is 6.23 Å². The van der Waals surface area contributed by atoms with Crippen molar-refractivity contribution in [2.24, 2.45) is 0 Å². The molecule has 0 aliphatic rings. The van der Waals surface area contributed by atoms with E-state index < -0.39 is 117 Å². The van der Waals surface area contributed by atoms with Gasteiger partial charge < -0.3 is 58.9 Å². The summed E-state index contributed by atoms with van der Waals surface area (Å²) < 4.78 is 90.8. The maximum absolute atomic E-state index is 12.0. The van der Waals surface area contributed by atoms with Gasteiger partial charge in [-0.2, -0.15) is 0 Å². The predicted octanol–water partition coefficient (Wildman–Crippen LogP) is 13.8. The first-order valence-electron chi connectivity index (χ1n) is 26.2. The smallest absolute Gasteiger partial charge is 0.329 e. The zero-order chi connectivity index (χ0) is 55.2. The molecule has 0 aromatic carbocycles. The maximum atomic E-state index is 12.0. The first kappa shape index (κ1) is 71.5. The molecule has 28 heteroatoms. The Morgan fingerprint density at radius 2 is 0.571 bits per heavy atom. The second kappa shape index (κ2) is 28.4. The van der Waals surface area contributed by atoms with E-state index in [-0.39, 0.29) is 6.23 Å². The van der Waals surface area contributed by atoms with Crippen LogP contribution in [-0.4, -0.2) is 128 Å². The van der Waals surface area contributed by atoms with Gasteiger partial charge in [-0.25, -0.2) is 4.79 Å². The molecule has 70 heavy (non-hydrogen) atoms. The maximum Gasteiger partial charge on any atom is 0.329 e. The molecule has 0 bridgehead atoms. The summed E-state index contributed by atoms with van der Waals surface area (Å²) in [6.45, 7) is 58.0. The van der Waals surface area contributed by atoms with Gasteiger partial charge in [-0.1, -0.05) is 86.6 Å². The van der Waals surface area contributed by atoms with Crippen molar-refractivity contribution in [3.8, 4) is 0 Å². The third-order valence-electron chi connectivity index (χ3n) is 10.5. The molecule has 0 saturated heterocycles. The monoisotopic (exact) mass is 1220 g/mol. The summed E-state index contributed by atoms with van der Waals surface area (Å²) in [4.78, 5) is 22.5. The average Bonchev–Trinajstić information content (AvgIpc) is 3.06. The summed E-state index contributed by atoms with van der Waals surface area (Å²) in [7, 11) is -36.8. The van der Waals surface area contributed by atoms with Crippen LogP contribution in [-0.2, 0) is 58.9 Å². The van der Waals surface area contributed by atoms with Crippen molar-refractivity contribution in [1.29, 1.82) is 0 Å².